The van der Waals surface area contributed by atoms with E-state index in [1.54, 1.807) is 140 Å². The summed E-state index contributed by atoms with van der Waals surface area (Å²) in [6.07, 6.45) is 9.37. The van der Waals surface area contributed by atoms with E-state index < -0.39 is 0 Å². The average molecular weight is 1080 g/mol. The van der Waals surface area contributed by atoms with Crippen LogP contribution in [0.25, 0.3) is 32.7 Å². The van der Waals surface area contributed by atoms with Crippen molar-refractivity contribution in [1.82, 2.24) is 15.0 Å². The maximum atomic E-state index is 10.5. The molecule has 80 heavy (non-hydrogen) atoms. The summed E-state index contributed by atoms with van der Waals surface area (Å²) in [5.41, 5.74) is 13.1. The lowest BCUT2D eigenvalue weighted by Gasteiger charge is -2.21. The third-order valence-corrected chi connectivity index (χ3v) is 12.3. The summed E-state index contributed by atoms with van der Waals surface area (Å²) in [5, 5.41) is 69.7. The van der Waals surface area contributed by atoms with Crippen molar-refractivity contribution in [2.45, 2.75) is 27.7 Å². The Balaban J connectivity index is 0.000000168. The van der Waals surface area contributed by atoms with Crippen LogP contribution >= 0.6 is 0 Å². The third-order valence-electron chi connectivity index (χ3n) is 12.3. The first-order valence-corrected chi connectivity index (χ1v) is 25.4. The zero-order chi connectivity index (χ0) is 57.6. The molecule has 7 aromatic carbocycles. The van der Waals surface area contributed by atoms with E-state index in [1.165, 1.54) is 6.07 Å². The van der Waals surface area contributed by atoms with Crippen molar-refractivity contribution in [3.8, 4) is 40.2 Å². The molecule has 0 amide bonds. The number of anilines is 3. The molecule has 17 nitrogen and oxygen atoms in total. The molecule has 0 saturated heterocycles. The Kier molecular flexibility index (Phi) is 21.4. The molecule has 0 aliphatic rings. The highest BCUT2D eigenvalue weighted by Crippen LogP contribution is 2.33. The molecule has 408 valence electrons. The van der Waals surface area contributed by atoms with E-state index in [0.717, 1.165) is 53.7 Å². The Bertz CT molecular complexity index is 3710. The van der Waals surface area contributed by atoms with Gasteiger partial charge in [-0.15, -0.1) is 0 Å². The number of fused-ring (bicyclic) bond motifs is 3. The Hall–Kier alpha value is -10.6. The number of nitrogen functional groups attached to an aromatic ring is 1. The number of aliphatic imine (C=N–C) groups is 2. The molecule has 0 fully saturated rings. The predicted molar refractivity (Wildman–Crippen MR) is 319 cm³/mol. The first-order valence-electron chi connectivity index (χ1n) is 25.4. The van der Waals surface area contributed by atoms with Crippen molar-refractivity contribution in [1.29, 1.82) is 0 Å². The minimum Gasteiger partial charge on any atom is -0.507 e. The molecule has 10 aromatic rings. The average Bonchev–Trinajstić information content (AvgIpc) is 3.50. The Morgan fingerprint density at radius 2 is 0.762 bits per heavy atom. The van der Waals surface area contributed by atoms with E-state index in [1.807, 2.05) is 56.3 Å². The molecule has 3 heterocycles. The van der Waals surface area contributed by atoms with Crippen LogP contribution in [0.15, 0.2) is 186 Å². The standard InChI is InChI=1S/C20H21N3O2.C16H12N2O2.C11H15NO2.C9H8N2O.C7H6O2/c1-3-23(4-2)15-8-7-14(19(25)12-15)13-22-17-9-10-18(24)20-16(17)6-5-11-21-20;19-14-6-2-1-4-11(14)10-18-13-7-8-15(20)16-12(13)5-3-9-17-16;1-3-12(4-2)10-6-5-9(8-13)11(14)7-10;10-7-3-4-8(12)9-6(7)2-1-5-11-9;8-5-6-3-1-2-4-7(6)9/h5-13,24-25H,3-4H2,1-2H3;1-10,19-20H;5-8,14H,3-4H2,1-2H3;1-5,12H,10H2;1-5,9H. The van der Waals surface area contributed by atoms with Gasteiger partial charge in [0.2, 0.25) is 0 Å². The number of pyridine rings is 3. The summed E-state index contributed by atoms with van der Waals surface area (Å²) in [6, 6.07) is 44.8. The summed E-state index contributed by atoms with van der Waals surface area (Å²) in [7, 11) is 0. The summed E-state index contributed by atoms with van der Waals surface area (Å²) in [5.74, 6) is 0.867. The normalized spacial score (nSPS) is 10.6. The molecule has 0 bridgehead atoms. The molecule has 0 spiro atoms. The van der Waals surface area contributed by atoms with Crippen LogP contribution in [0.2, 0.25) is 0 Å². The van der Waals surface area contributed by atoms with Gasteiger partial charge in [-0.2, -0.15) is 0 Å². The van der Waals surface area contributed by atoms with Crippen LogP contribution in [0, 0.1) is 0 Å². The molecule has 0 radical (unpaired) electrons. The highest BCUT2D eigenvalue weighted by Gasteiger charge is 2.10. The summed E-state index contributed by atoms with van der Waals surface area (Å²) < 4.78 is 0. The number of carbonyl (C=O) groups is 2. The minimum atomic E-state index is 0.0347. The van der Waals surface area contributed by atoms with Crippen LogP contribution in [0.5, 0.6) is 40.2 Å². The number of phenols is 7. The zero-order valence-electron chi connectivity index (χ0n) is 44.5. The second-order valence-corrected chi connectivity index (χ2v) is 17.3. The summed E-state index contributed by atoms with van der Waals surface area (Å²) in [6.45, 7) is 11.8. The number of nitrogens with two attached hydrogens (primary N) is 1. The number of carbonyl (C=O) groups excluding carboxylic acids is 2. The summed E-state index contributed by atoms with van der Waals surface area (Å²) in [4.78, 5) is 46.0. The second-order valence-electron chi connectivity index (χ2n) is 17.3. The van der Waals surface area contributed by atoms with E-state index in [9.17, 15) is 40.2 Å². The second kappa shape index (κ2) is 29.1. The lowest BCUT2D eigenvalue weighted by molar-refractivity contribution is 0.111. The van der Waals surface area contributed by atoms with Crippen LogP contribution < -0.4 is 15.5 Å². The number of aromatic nitrogens is 3. The lowest BCUT2D eigenvalue weighted by Crippen LogP contribution is -2.21. The molecule has 0 unspecified atom stereocenters. The zero-order valence-corrected chi connectivity index (χ0v) is 44.5. The van der Waals surface area contributed by atoms with Crippen molar-refractivity contribution >= 4 is 86.1 Å². The van der Waals surface area contributed by atoms with Gasteiger partial charge in [0, 0.05) is 114 Å². The Morgan fingerprint density at radius 3 is 1.15 bits per heavy atom. The van der Waals surface area contributed by atoms with Gasteiger partial charge >= 0.3 is 0 Å². The van der Waals surface area contributed by atoms with Crippen molar-refractivity contribution < 1.29 is 45.3 Å². The van der Waals surface area contributed by atoms with Gasteiger partial charge in [0.25, 0.3) is 0 Å². The maximum absolute atomic E-state index is 10.5. The predicted octanol–water partition coefficient (Wildman–Crippen LogP) is 12.4. The quantitative estimate of drug-likeness (QED) is 0.0245. The largest absolute Gasteiger partial charge is 0.507 e. The number of phenolic OH excluding ortho intramolecular Hbond substituents is 7. The molecule has 9 N–H and O–H groups in total. The van der Waals surface area contributed by atoms with Crippen molar-refractivity contribution in [2.75, 3.05) is 41.7 Å². The van der Waals surface area contributed by atoms with Crippen molar-refractivity contribution in [3.05, 3.63) is 199 Å². The van der Waals surface area contributed by atoms with Crippen LogP contribution in [0.1, 0.15) is 59.5 Å². The maximum Gasteiger partial charge on any atom is 0.153 e. The molecule has 3 aromatic heterocycles. The fourth-order valence-electron chi connectivity index (χ4n) is 8.00. The van der Waals surface area contributed by atoms with Crippen LogP contribution in [-0.2, 0) is 0 Å². The number of benzene rings is 7. The number of aromatic hydroxyl groups is 7. The molecule has 0 atom stereocenters. The smallest absolute Gasteiger partial charge is 0.153 e. The van der Waals surface area contributed by atoms with E-state index in [0.29, 0.717) is 68.4 Å². The van der Waals surface area contributed by atoms with Gasteiger partial charge in [0.05, 0.1) is 22.5 Å². The van der Waals surface area contributed by atoms with Crippen LogP contribution in [0.4, 0.5) is 28.4 Å². The highest BCUT2D eigenvalue weighted by molar-refractivity contribution is 5.98. The van der Waals surface area contributed by atoms with Gasteiger partial charge < -0.3 is 51.3 Å². The number of hydrogen-bond donors (Lipinski definition) is 8. The molecule has 0 aliphatic heterocycles. The van der Waals surface area contributed by atoms with Gasteiger partial charge in [-0.3, -0.25) is 34.5 Å². The topological polar surface area (TPSA) is 272 Å². The molecule has 0 aliphatic carbocycles. The fraction of sp³-hybridized carbons (Fsp3) is 0.127. The molecule has 10 rings (SSSR count). The van der Waals surface area contributed by atoms with E-state index in [-0.39, 0.29) is 40.2 Å². The lowest BCUT2D eigenvalue weighted by atomic mass is 10.1. The third kappa shape index (κ3) is 15.3. The molecular weight excluding hydrogens is 1010 g/mol. The van der Waals surface area contributed by atoms with Crippen LogP contribution in [0.3, 0.4) is 0 Å². The van der Waals surface area contributed by atoms with E-state index in [4.69, 9.17) is 10.8 Å². The van der Waals surface area contributed by atoms with Gasteiger partial charge in [0.1, 0.15) is 56.8 Å². The Morgan fingerprint density at radius 1 is 0.400 bits per heavy atom. The minimum absolute atomic E-state index is 0.0347. The fourth-order valence-corrected chi connectivity index (χ4v) is 8.00. The van der Waals surface area contributed by atoms with Crippen LogP contribution in [-0.4, -0.2) is 102 Å². The van der Waals surface area contributed by atoms with Gasteiger partial charge in [-0.05, 0) is 149 Å². The Labute approximate surface area is 462 Å². The highest BCUT2D eigenvalue weighted by atomic mass is 16.3. The molecule has 0 saturated carbocycles. The summed E-state index contributed by atoms with van der Waals surface area (Å²) >= 11 is 0. The number of rotatable bonds is 12. The number of para-hydroxylation sites is 2. The number of nitrogens with zero attached hydrogens (tertiary/aromatic N) is 7. The molecular formula is C63H62N8O9. The van der Waals surface area contributed by atoms with Crippen molar-refractivity contribution in [2.24, 2.45) is 9.98 Å². The number of hydrogen-bond acceptors (Lipinski definition) is 17. The van der Waals surface area contributed by atoms with Crippen molar-refractivity contribution in [3.63, 3.8) is 0 Å². The van der Waals surface area contributed by atoms with Gasteiger partial charge in [-0.25, -0.2) is 0 Å². The monoisotopic (exact) mass is 1070 g/mol. The first kappa shape index (κ1) is 58.7. The van der Waals surface area contributed by atoms with Gasteiger partial charge in [-0.1, -0.05) is 24.3 Å². The van der Waals surface area contributed by atoms with Gasteiger partial charge in [0.15, 0.2) is 12.6 Å². The van der Waals surface area contributed by atoms with E-state index >= 15 is 0 Å². The molecule has 17 heteroatoms. The number of aldehydes is 2. The van der Waals surface area contributed by atoms with E-state index in [2.05, 4.69) is 48.6 Å². The SMILES string of the molecule is CCN(CC)c1ccc(C=Nc2ccc(O)c3ncccc23)c(O)c1.CCN(CC)c1ccc(C=O)c(O)c1.Nc1ccc(O)c2ncccc12.O=Cc1ccccc1O.Oc1ccccc1C=Nc1ccc(O)c2ncccc12. The first-order chi connectivity index (χ1) is 38.7.